The van der Waals surface area contributed by atoms with E-state index in [1.165, 1.54) is 12.8 Å². The molecule has 4 nitrogen and oxygen atoms in total. The number of hydrogen-bond acceptors (Lipinski definition) is 4. The van der Waals surface area contributed by atoms with Gasteiger partial charge in [0, 0.05) is 19.1 Å². The number of ether oxygens (including phenoxy) is 1. The van der Waals surface area contributed by atoms with Crippen LogP contribution in [0.1, 0.15) is 56.1 Å². The lowest BCUT2D eigenvalue weighted by atomic mass is 10.2. The van der Waals surface area contributed by atoms with E-state index in [2.05, 4.69) is 33.2 Å². The van der Waals surface area contributed by atoms with Gasteiger partial charge in [-0.2, -0.15) is 0 Å². The second-order valence-corrected chi connectivity index (χ2v) is 5.73. The van der Waals surface area contributed by atoms with Crippen LogP contribution < -0.4 is 5.32 Å². The molecule has 1 aromatic rings. The third-order valence-electron chi connectivity index (χ3n) is 3.42. The van der Waals surface area contributed by atoms with Crippen molar-refractivity contribution in [2.75, 3.05) is 18.5 Å². The molecular weight excluding hydrogens is 294 g/mol. The summed E-state index contributed by atoms with van der Waals surface area (Å²) in [6.45, 7) is 3.78. The molecule has 0 amide bonds. The molecule has 1 aliphatic carbocycles. The highest BCUT2D eigenvalue weighted by Crippen LogP contribution is 2.44. The van der Waals surface area contributed by atoms with E-state index in [1.54, 1.807) is 0 Å². The van der Waals surface area contributed by atoms with Crippen molar-refractivity contribution in [1.29, 1.82) is 0 Å². The molecule has 1 unspecified atom stereocenters. The van der Waals surface area contributed by atoms with Crippen molar-refractivity contribution in [3.8, 4) is 0 Å². The quantitative estimate of drug-likeness (QED) is 0.925. The fourth-order valence-corrected chi connectivity index (χ4v) is 2.96. The maximum Gasteiger partial charge on any atom is 0.159 e. The van der Waals surface area contributed by atoms with Crippen LogP contribution in [0.25, 0.3) is 0 Å². The lowest BCUT2D eigenvalue weighted by molar-refractivity contribution is 0.105. The number of nitrogens with zero attached hydrogens (tertiary/aromatic N) is 2. The van der Waals surface area contributed by atoms with Gasteiger partial charge in [-0.1, -0.05) is 0 Å². The van der Waals surface area contributed by atoms with Gasteiger partial charge in [-0.25, -0.2) is 9.97 Å². The van der Waals surface area contributed by atoms with Gasteiger partial charge in [0.05, 0.1) is 10.2 Å². The zero-order chi connectivity index (χ0) is 12.5. The van der Waals surface area contributed by atoms with Crippen molar-refractivity contribution >= 4 is 21.7 Å². The first-order valence-electron chi connectivity index (χ1n) is 6.72. The maximum atomic E-state index is 5.70. The SMILES string of the molecule is CCNc1nc(C2CCCO2)nc(C2CC2)c1Br. The van der Waals surface area contributed by atoms with E-state index in [1.807, 2.05) is 0 Å². The summed E-state index contributed by atoms with van der Waals surface area (Å²) >= 11 is 3.64. The summed E-state index contributed by atoms with van der Waals surface area (Å²) in [6.07, 6.45) is 4.72. The molecule has 1 aliphatic heterocycles. The third-order valence-corrected chi connectivity index (χ3v) is 4.20. The zero-order valence-corrected chi connectivity index (χ0v) is 12.2. The van der Waals surface area contributed by atoms with Gasteiger partial charge in [0.25, 0.3) is 0 Å². The molecule has 2 heterocycles. The van der Waals surface area contributed by atoms with E-state index in [0.29, 0.717) is 5.92 Å². The second kappa shape index (κ2) is 5.13. The molecule has 0 radical (unpaired) electrons. The number of halogens is 1. The van der Waals surface area contributed by atoms with Gasteiger partial charge in [0.15, 0.2) is 5.82 Å². The minimum atomic E-state index is 0.0907. The van der Waals surface area contributed by atoms with Gasteiger partial charge in [0.1, 0.15) is 11.9 Å². The van der Waals surface area contributed by atoms with Crippen LogP contribution in [0.15, 0.2) is 4.47 Å². The van der Waals surface area contributed by atoms with Gasteiger partial charge in [-0.05, 0) is 48.5 Å². The molecule has 0 bridgehead atoms. The predicted molar refractivity (Wildman–Crippen MR) is 73.8 cm³/mol. The summed E-state index contributed by atoms with van der Waals surface area (Å²) in [5.74, 6) is 2.38. The van der Waals surface area contributed by atoms with Crippen molar-refractivity contribution < 1.29 is 4.74 Å². The number of aromatic nitrogens is 2. The molecule has 18 heavy (non-hydrogen) atoms. The fourth-order valence-electron chi connectivity index (χ4n) is 2.32. The predicted octanol–water partition coefficient (Wildman–Crippen LogP) is 3.40. The Morgan fingerprint density at radius 1 is 1.33 bits per heavy atom. The van der Waals surface area contributed by atoms with Crippen LogP contribution in [0, 0.1) is 0 Å². The summed E-state index contributed by atoms with van der Waals surface area (Å²) in [7, 11) is 0. The smallest absolute Gasteiger partial charge is 0.159 e. The van der Waals surface area contributed by atoms with E-state index in [0.717, 1.165) is 47.8 Å². The van der Waals surface area contributed by atoms with Crippen LogP contribution in [0.4, 0.5) is 5.82 Å². The Kier molecular flexibility index (Phi) is 3.52. The minimum absolute atomic E-state index is 0.0907. The fraction of sp³-hybridized carbons (Fsp3) is 0.692. The van der Waals surface area contributed by atoms with Crippen molar-refractivity contribution in [1.82, 2.24) is 9.97 Å². The molecule has 5 heteroatoms. The first-order chi connectivity index (χ1) is 8.79. The van der Waals surface area contributed by atoms with Crippen LogP contribution >= 0.6 is 15.9 Å². The van der Waals surface area contributed by atoms with E-state index >= 15 is 0 Å². The largest absolute Gasteiger partial charge is 0.370 e. The molecule has 2 fully saturated rings. The van der Waals surface area contributed by atoms with E-state index in [-0.39, 0.29) is 6.10 Å². The molecule has 0 spiro atoms. The highest BCUT2D eigenvalue weighted by atomic mass is 79.9. The maximum absolute atomic E-state index is 5.70. The number of hydrogen-bond donors (Lipinski definition) is 1. The average molecular weight is 312 g/mol. The lowest BCUT2D eigenvalue weighted by Gasteiger charge is -2.14. The van der Waals surface area contributed by atoms with Crippen LogP contribution in [0.3, 0.4) is 0 Å². The summed E-state index contributed by atoms with van der Waals surface area (Å²) in [6, 6.07) is 0. The van der Waals surface area contributed by atoms with Gasteiger partial charge < -0.3 is 10.1 Å². The Bertz CT molecular complexity index is 442. The zero-order valence-electron chi connectivity index (χ0n) is 10.6. The van der Waals surface area contributed by atoms with Gasteiger partial charge in [-0.3, -0.25) is 0 Å². The van der Waals surface area contributed by atoms with Gasteiger partial charge in [-0.15, -0.1) is 0 Å². The Balaban J connectivity index is 1.97. The van der Waals surface area contributed by atoms with Crippen LogP contribution in [-0.4, -0.2) is 23.1 Å². The number of rotatable bonds is 4. The van der Waals surface area contributed by atoms with Crippen molar-refractivity contribution in [3.63, 3.8) is 0 Å². The normalized spacial score (nSPS) is 23.3. The molecule has 2 aliphatic rings. The summed E-state index contributed by atoms with van der Waals surface area (Å²) < 4.78 is 6.73. The Morgan fingerprint density at radius 3 is 2.78 bits per heavy atom. The van der Waals surface area contributed by atoms with E-state index < -0.39 is 0 Å². The first kappa shape index (κ1) is 12.4. The number of anilines is 1. The third kappa shape index (κ3) is 2.38. The highest BCUT2D eigenvalue weighted by Gasteiger charge is 2.31. The topological polar surface area (TPSA) is 47.0 Å². The molecular formula is C13H18BrN3O. The number of nitrogens with one attached hydrogen (secondary N) is 1. The highest BCUT2D eigenvalue weighted by molar-refractivity contribution is 9.10. The van der Waals surface area contributed by atoms with Crippen molar-refractivity contribution in [3.05, 3.63) is 16.0 Å². The lowest BCUT2D eigenvalue weighted by Crippen LogP contribution is -2.10. The summed E-state index contributed by atoms with van der Waals surface area (Å²) in [5, 5.41) is 3.31. The average Bonchev–Trinajstić information content (AvgIpc) is 3.06. The van der Waals surface area contributed by atoms with Crippen LogP contribution in [0.2, 0.25) is 0 Å². The van der Waals surface area contributed by atoms with Gasteiger partial charge in [0.2, 0.25) is 0 Å². The van der Waals surface area contributed by atoms with Gasteiger partial charge >= 0.3 is 0 Å². The molecule has 3 rings (SSSR count). The van der Waals surface area contributed by atoms with E-state index in [4.69, 9.17) is 9.72 Å². The monoisotopic (exact) mass is 311 g/mol. The Morgan fingerprint density at radius 2 is 2.17 bits per heavy atom. The summed E-state index contributed by atoms with van der Waals surface area (Å²) in [5.41, 5.74) is 1.16. The van der Waals surface area contributed by atoms with Crippen LogP contribution in [0.5, 0.6) is 0 Å². The molecule has 0 aromatic carbocycles. The van der Waals surface area contributed by atoms with E-state index in [9.17, 15) is 0 Å². The first-order valence-corrected chi connectivity index (χ1v) is 7.51. The van der Waals surface area contributed by atoms with Crippen LogP contribution in [-0.2, 0) is 4.74 Å². The molecule has 98 valence electrons. The van der Waals surface area contributed by atoms with Crippen molar-refractivity contribution in [2.45, 2.75) is 44.6 Å². The molecule has 1 aromatic heterocycles. The molecule has 1 N–H and O–H groups in total. The molecule has 1 saturated carbocycles. The Hall–Kier alpha value is -0.680. The summed E-state index contributed by atoms with van der Waals surface area (Å²) in [4.78, 5) is 9.36. The molecule has 1 atom stereocenters. The minimum Gasteiger partial charge on any atom is -0.370 e. The second-order valence-electron chi connectivity index (χ2n) is 4.94. The van der Waals surface area contributed by atoms with Crippen molar-refractivity contribution in [2.24, 2.45) is 0 Å². The standard InChI is InChI=1S/C13H18BrN3O/c1-2-15-13-10(14)11(8-5-6-8)16-12(17-13)9-4-3-7-18-9/h8-9H,2-7H2,1H3,(H,15,16,17). The Labute approximate surface area is 116 Å². The molecule has 1 saturated heterocycles.